The van der Waals surface area contributed by atoms with Crippen LogP contribution in [0.1, 0.15) is 27.7 Å². The summed E-state index contributed by atoms with van der Waals surface area (Å²) >= 11 is 0. The Kier molecular flexibility index (Phi) is 4.45. The summed E-state index contributed by atoms with van der Waals surface area (Å²) in [5.74, 6) is -1.83. The molecule has 6 nitrogen and oxygen atoms in total. The first kappa shape index (κ1) is 14.9. The van der Waals surface area contributed by atoms with E-state index in [9.17, 15) is 9.59 Å². The highest BCUT2D eigenvalue weighted by Gasteiger charge is 2.43. The first-order valence-corrected chi connectivity index (χ1v) is 4.89. The van der Waals surface area contributed by atoms with Crippen LogP contribution in [0.3, 0.4) is 0 Å². The highest BCUT2D eigenvalue weighted by atomic mass is 16.5. The molecule has 2 unspecified atom stereocenters. The van der Waals surface area contributed by atoms with Gasteiger partial charge in [-0.25, -0.2) is 0 Å². The molecule has 0 aliphatic carbocycles. The molecule has 0 aliphatic rings. The number of nitrogens with one attached hydrogen (secondary N) is 1. The normalized spacial score (nSPS) is 17.4. The molecule has 0 aromatic rings. The lowest BCUT2D eigenvalue weighted by molar-refractivity contribution is -0.154. The van der Waals surface area contributed by atoms with Crippen LogP contribution in [0.2, 0.25) is 0 Å². The quantitative estimate of drug-likeness (QED) is 0.618. The topological polar surface area (TPSA) is 102 Å². The van der Waals surface area contributed by atoms with Crippen LogP contribution in [0.15, 0.2) is 0 Å². The Labute approximate surface area is 95.1 Å². The summed E-state index contributed by atoms with van der Waals surface area (Å²) in [5.41, 5.74) is 3.32. The smallest absolute Gasteiger partial charge is 0.326 e. The molecule has 0 rings (SSSR count). The third kappa shape index (κ3) is 3.79. The third-order valence-electron chi connectivity index (χ3n) is 1.98. The molecule has 0 fully saturated rings. The minimum Gasteiger partial charge on any atom is -0.480 e. The molecule has 0 aliphatic heterocycles. The van der Waals surface area contributed by atoms with Gasteiger partial charge in [-0.15, -0.1) is 0 Å². The Bertz CT molecular complexity index is 281. The lowest BCUT2D eigenvalue weighted by Gasteiger charge is -2.31. The summed E-state index contributed by atoms with van der Waals surface area (Å²) < 4.78 is 4.87. The number of carbonyl (C=O) groups is 2. The summed E-state index contributed by atoms with van der Waals surface area (Å²) in [7, 11) is 1.25. The predicted octanol–water partition coefficient (Wildman–Crippen LogP) is -0.282. The summed E-state index contributed by atoms with van der Waals surface area (Å²) in [5, 5.41) is 11.5. The van der Waals surface area contributed by atoms with E-state index < -0.39 is 29.1 Å². The average Bonchev–Trinajstić information content (AvgIpc) is 2.00. The maximum absolute atomic E-state index is 11.8. The number of ether oxygens (including phenoxy) is 1. The van der Waals surface area contributed by atoms with Crippen molar-refractivity contribution < 1.29 is 19.4 Å². The van der Waals surface area contributed by atoms with Gasteiger partial charge in [-0.1, -0.05) is 0 Å². The van der Waals surface area contributed by atoms with E-state index in [-0.39, 0.29) is 0 Å². The number of carboxylic acid groups (broad SMARTS) is 1. The van der Waals surface area contributed by atoms with Gasteiger partial charge in [0.1, 0.15) is 5.54 Å². The minimum absolute atomic E-state index is 0.470. The van der Waals surface area contributed by atoms with Crippen LogP contribution in [0.5, 0.6) is 0 Å². The van der Waals surface area contributed by atoms with Crippen molar-refractivity contribution in [2.75, 3.05) is 7.11 Å². The van der Waals surface area contributed by atoms with Gasteiger partial charge in [-0.05, 0) is 27.7 Å². The zero-order valence-corrected chi connectivity index (χ0v) is 10.3. The fourth-order valence-electron chi connectivity index (χ4n) is 1.17. The number of carboxylic acids is 1. The molecular weight excluding hydrogens is 212 g/mol. The summed E-state index contributed by atoms with van der Waals surface area (Å²) in [6, 6.07) is 0. The predicted molar refractivity (Wildman–Crippen MR) is 58.9 cm³/mol. The van der Waals surface area contributed by atoms with Gasteiger partial charge in [0, 0.05) is 12.6 Å². The van der Waals surface area contributed by atoms with Crippen LogP contribution in [-0.4, -0.2) is 41.3 Å². The second-order valence-corrected chi connectivity index (χ2v) is 4.94. The summed E-state index contributed by atoms with van der Waals surface area (Å²) in [4.78, 5) is 22.7. The van der Waals surface area contributed by atoms with Crippen molar-refractivity contribution in [2.45, 2.75) is 44.9 Å². The SMILES string of the molecule is COC(C(=O)NC(C)(C)C)C(C)(N)C(=O)O. The number of hydrogen-bond acceptors (Lipinski definition) is 4. The van der Waals surface area contributed by atoms with Crippen LogP contribution < -0.4 is 11.1 Å². The first-order valence-electron chi connectivity index (χ1n) is 4.89. The number of amides is 1. The average molecular weight is 232 g/mol. The van der Waals surface area contributed by atoms with Crippen LogP contribution in [0.4, 0.5) is 0 Å². The van der Waals surface area contributed by atoms with Gasteiger partial charge in [0.25, 0.3) is 5.91 Å². The van der Waals surface area contributed by atoms with E-state index in [0.717, 1.165) is 0 Å². The molecule has 0 bridgehead atoms. The Morgan fingerprint density at radius 2 is 1.75 bits per heavy atom. The molecule has 0 aromatic heterocycles. The fraction of sp³-hybridized carbons (Fsp3) is 0.800. The lowest BCUT2D eigenvalue weighted by atomic mass is 9.94. The van der Waals surface area contributed by atoms with E-state index in [2.05, 4.69) is 5.32 Å². The molecule has 0 saturated carbocycles. The molecule has 0 radical (unpaired) electrons. The monoisotopic (exact) mass is 232 g/mol. The maximum Gasteiger partial charge on any atom is 0.326 e. The highest BCUT2D eigenvalue weighted by molar-refractivity contribution is 5.91. The summed E-state index contributed by atoms with van der Waals surface area (Å²) in [6.07, 6.45) is -1.23. The number of hydrogen-bond donors (Lipinski definition) is 3. The van der Waals surface area contributed by atoms with Crippen molar-refractivity contribution in [3.8, 4) is 0 Å². The van der Waals surface area contributed by atoms with Crippen LogP contribution in [0, 0.1) is 0 Å². The number of nitrogens with two attached hydrogens (primary N) is 1. The number of aliphatic carboxylic acids is 1. The van der Waals surface area contributed by atoms with Gasteiger partial charge in [-0.3, -0.25) is 9.59 Å². The van der Waals surface area contributed by atoms with Gasteiger partial charge < -0.3 is 20.9 Å². The Morgan fingerprint density at radius 3 is 2.00 bits per heavy atom. The molecule has 1 amide bonds. The van der Waals surface area contributed by atoms with Crippen LogP contribution >= 0.6 is 0 Å². The van der Waals surface area contributed by atoms with E-state index >= 15 is 0 Å². The standard InChI is InChI=1S/C10H20N2O4/c1-9(2,3)12-7(13)6(16-5)10(4,11)8(14)15/h6H,11H2,1-5H3,(H,12,13)(H,14,15). The molecule has 4 N–H and O–H groups in total. The molecule has 94 valence electrons. The van der Waals surface area contributed by atoms with Crippen molar-refractivity contribution >= 4 is 11.9 Å². The highest BCUT2D eigenvalue weighted by Crippen LogP contribution is 2.12. The minimum atomic E-state index is -1.76. The van der Waals surface area contributed by atoms with Crippen molar-refractivity contribution in [1.82, 2.24) is 5.32 Å². The summed E-state index contributed by atoms with van der Waals surface area (Å²) in [6.45, 7) is 6.59. The van der Waals surface area contributed by atoms with Crippen molar-refractivity contribution in [3.63, 3.8) is 0 Å². The molecule has 0 saturated heterocycles. The van der Waals surface area contributed by atoms with E-state index in [0.29, 0.717) is 0 Å². The maximum atomic E-state index is 11.8. The lowest BCUT2D eigenvalue weighted by Crippen LogP contribution is -2.62. The van der Waals surface area contributed by atoms with Crippen molar-refractivity contribution in [1.29, 1.82) is 0 Å². The van der Waals surface area contributed by atoms with Gasteiger partial charge in [0.2, 0.25) is 0 Å². The van der Waals surface area contributed by atoms with Gasteiger partial charge in [0.05, 0.1) is 0 Å². The van der Waals surface area contributed by atoms with E-state index in [1.165, 1.54) is 14.0 Å². The Morgan fingerprint density at radius 1 is 1.31 bits per heavy atom. The second-order valence-electron chi connectivity index (χ2n) is 4.94. The van der Waals surface area contributed by atoms with E-state index in [4.69, 9.17) is 15.6 Å². The molecule has 0 aromatic carbocycles. The van der Waals surface area contributed by atoms with E-state index in [1.807, 2.05) is 0 Å². The van der Waals surface area contributed by atoms with Gasteiger partial charge in [-0.2, -0.15) is 0 Å². The van der Waals surface area contributed by atoms with E-state index in [1.54, 1.807) is 20.8 Å². The third-order valence-corrected chi connectivity index (χ3v) is 1.98. The molecule has 6 heteroatoms. The first-order chi connectivity index (χ1) is 7.02. The van der Waals surface area contributed by atoms with Gasteiger partial charge >= 0.3 is 5.97 Å². The Balaban J connectivity index is 4.88. The fourth-order valence-corrected chi connectivity index (χ4v) is 1.17. The number of carbonyl (C=O) groups excluding carboxylic acids is 1. The molecule has 2 atom stereocenters. The zero-order chi connectivity index (χ0) is 13.1. The van der Waals surface area contributed by atoms with Crippen LogP contribution in [-0.2, 0) is 14.3 Å². The largest absolute Gasteiger partial charge is 0.480 e. The zero-order valence-electron chi connectivity index (χ0n) is 10.3. The van der Waals surface area contributed by atoms with Crippen molar-refractivity contribution in [2.24, 2.45) is 5.73 Å². The second kappa shape index (κ2) is 4.80. The molecule has 0 heterocycles. The molecule has 0 spiro atoms. The number of methoxy groups -OCH3 is 1. The van der Waals surface area contributed by atoms with Crippen LogP contribution in [0.25, 0.3) is 0 Å². The molecular formula is C10H20N2O4. The number of rotatable bonds is 4. The van der Waals surface area contributed by atoms with Gasteiger partial charge in [0.15, 0.2) is 6.10 Å². The Hall–Kier alpha value is -1.14. The van der Waals surface area contributed by atoms with Crippen molar-refractivity contribution in [3.05, 3.63) is 0 Å². The molecule has 16 heavy (non-hydrogen) atoms.